The predicted molar refractivity (Wildman–Crippen MR) is 69.8 cm³/mol. The van der Waals surface area contributed by atoms with Crippen molar-refractivity contribution in [2.24, 2.45) is 0 Å². The number of halogens is 2. The Morgan fingerprint density at radius 3 is 2.75 bits per heavy atom. The van der Waals surface area contributed by atoms with Crippen LogP contribution < -0.4 is 0 Å². The third-order valence-corrected chi connectivity index (χ3v) is 3.74. The van der Waals surface area contributed by atoms with Crippen molar-refractivity contribution in [3.63, 3.8) is 0 Å². The molecule has 1 aromatic heterocycles. The van der Waals surface area contributed by atoms with E-state index in [0.29, 0.717) is 10.7 Å². The third kappa shape index (κ3) is 1.95. The second kappa shape index (κ2) is 4.32. The van der Waals surface area contributed by atoms with E-state index in [-0.39, 0.29) is 0 Å². The molecule has 2 nitrogen and oxygen atoms in total. The van der Waals surface area contributed by atoms with E-state index < -0.39 is 6.10 Å². The number of fused-ring (bicyclic) bond motifs is 1. The molecule has 4 heteroatoms. The predicted octanol–water partition coefficient (Wildman–Crippen LogP) is 4.01. The second-order valence-electron chi connectivity index (χ2n) is 3.77. The van der Waals surface area contributed by atoms with Gasteiger partial charge in [-0.05, 0) is 31.5 Å². The number of benzene rings is 1. The van der Waals surface area contributed by atoms with Crippen molar-refractivity contribution in [2.45, 2.75) is 20.0 Å². The van der Waals surface area contributed by atoms with Crippen LogP contribution in [0.3, 0.4) is 0 Å². The lowest BCUT2D eigenvalue weighted by atomic mass is 10.1. The van der Waals surface area contributed by atoms with Crippen LogP contribution in [-0.2, 0) is 0 Å². The summed E-state index contributed by atoms with van der Waals surface area (Å²) >= 11 is 9.62. The van der Waals surface area contributed by atoms with Gasteiger partial charge in [0.25, 0.3) is 0 Å². The van der Waals surface area contributed by atoms with Gasteiger partial charge < -0.3 is 5.11 Å². The highest BCUT2D eigenvalue weighted by Gasteiger charge is 2.11. The van der Waals surface area contributed by atoms with Gasteiger partial charge in [-0.3, -0.25) is 0 Å². The highest BCUT2D eigenvalue weighted by atomic mass is 79.9. The number of nitrogens with zero attached hydrogens (tertiary/aromatic N) is 1. The van der Waals surface area contributed by atoms with Crippen molar-refractivity contribution >= 4 is 38.4 Å². The molecule has 0 spiro atoms. The number of aromatic nitrogens is 1. The molecule has 1 heterocycles. The van der Waals surface area contributed by atoms with Crippen molar-refractivity contribution in [1.29, 1.82) is 0 Å². The number of pyridine rings is 1. The van der Waals surface area contributed by atoms with Crippen LogP contribution in [0.15, 0.2) is 22.7 Å². The molecule has 0 saturated heterocycles. The lowest BCUT2D eigenvalue weighted by Crippen LogP contribution is -1.97. The monoisotopic (exact) mass is 299 g/mol. The molecule has 0 aliphatic rings. The lowest BCUT2D eigenvalue weighted by molar-refractivity contribution is 0.195. The molecule has 0 bridgehead atoms. The minimum absolute atomic E-state index is 0.596. The topological polar surface area (TPSA) is 33.1 Å². The van der Waals surface area contributed by atoms with Crippen LogP contribution in [0.1, 0.15) is 24.3 Å². The minimum atomic E-state index is -0.611. The van der Waals surface area contributed by atoms with Gasteiger partial charge >= 0.3 is 0 Å². The van der Waals surface area contributed by atoms with E-state index in [0.717, 1.165) is 20.9 Å². The Morgan fingerprint density at radius 2 is 2.12 bits per heavy atom. The minimum Gasteiger partial charge on any atom is -0.387 e. The molecule has 2 aromatic rings. The fourth-order valence-corrected chi connectivity index (χ4v) is 2.18. The van der Waals surface area contributed by atoms with Gasteiger partial charge in [0, 0.05) is 9.86 Å². The first-order valence-corrected chi connectivity index (χ1v) is 6.11. The molecule has 0 amide bonds. The van der Waals surface area contributed by atoms with Crippen molar-refractivity contribution in [2.75, 3.05) is 0 Å². The zero-order valence-electron chi connectivity index (χ0n) is 8.96. The van der Waals surface area contributed by atoms with Gasteiger partial charge in [0.2, 0.25) is 0 Å². The fraction of sp³-hybridized carbons (Fsp3) is 0.250. The summed E-state index contributed by atoms with van der Waals surface area (Å²) in [7, 11) is 0. The number of hydrogen-bond acceptors (Lipinski definition) is 2. The Morgan fingerprint density at radius 1 is 1.44 bits per heavy atom. The SMILES string of the molecule is Cc1c(Br)ccc2c(Cl)cc(C(C)O)nc12. The lowest BCUT2D eigenvalue weighted by Gasteiger charge is -2.10. The average molecular weight is 301 g/mol. The Hall–Kier alpha value is -0.640. The van der Waals surface area contributed by atoms with Crippen LogP contribution >= 0.6 is 27.5 Å². The van der Waals surface area contributed by atoms with Crippen LogP contribution in [0.4, 0.5) is 0 Å². The maximum absolute atomic E-state index is 9.53. The summed E-state index contributed by atoms with van der Waals surface area (Å²) in [6.45, 7) is 3.65. The normalized spacial score (nSPS) is 13.1. The zero-order valence-corrected chi connectivity index (χ0v) is 11.3. The second-order valence-corrected chi connectivity index (χ2v) is 5.04. The summed E-state index contributed by atoms with van der Waals surface area (Å²) in [5.41, 5.74) is 2.46. The van der Waals surface area contributed by atoms with Gasteiger partial charge in [0.1, 0.15) is 0 Å². The molecule has 2 rings (SSSR count). The van der Waals surface area contributed by atoms with E-state index in [1.807, 2.05) is 19.1 Å². The van der Waals surface area contributed by atoms with E-state index in [1.54, 1.807) is 13.0 Å². The molecule has 1 N–H and O–H groups in total. The molecule has 84 valence electrons. The van der Waals surface area contributed by atoms with Crippen LogP contribution in [-0.4, -0.2) is 10.1 Å². The summed E-state index contributed by atoms with van der Waals surface area (Å²) in [5, 5.41) is 11.1. The molecular formula is C12H11BrClNO. The number of aryl methyl sites for hydroxylation is 1. The first kappa shape index (κ1) is 11.8. The van der Waals surface area contributed by atoms with Gasteiger partial charge in [0.05, 0.1) is 22.3 Å². The van der Waals surface area contributed by atoms with Crippen LogP contribution in [0.5, 0.6) is 0 Å². The molecule has 0 radical (unpaired) electrons. The maximum atomic E-state index is 9.53. The highest BCUT2D eigenvalue weighted by Crippen LogP contribution is 2.30. The molecule has 1 atom stereocenters. The van der Waals surface area contributed by atoms with Gasteiger partial charge in [-0.25, -0.2) is 4.98 Å². The van der Waals surface area contributed by atoms with E-state index >= 15 is 0 Å². The largest absolute Gasteiger partial charge is 0.387 e. The molecular weight excluding hydrogens is 289 g/mol. The first-order chi connectivity index (χ1) is 7.50. The molecule has 1 unspecified atom stereocenters. The van der Waals surface area contributed by atoms with Crippen LogP contribution in [0, 0.1) is 6.92 Å². The van der Waals surface area contributed by atoms with Gasteiger partial charge in [-0.1, -0.05) is 33.6 Å². The smallest absolute Gasteiger partial charge is 0.0932 e. The van der Waals surface area contributed by atoms with Gasteiger partial charge in [-0.2, -0.15) is 0 Å². The summed E-state index contributed by atoms with van der Waals surface area (Å²) in [5.74, 6) is 0. The summed E-state index contributed by atoms with van der Waals surface area (Å²) in [6.07, 6.45) is -0.611. The van der Waals surface area contributed by atoms with E-state index in [9.17, 15) is 5.11 Å². The van der Waals surface area contributed by atoms with E-state index in [1.165, 1.54) is 0 Å². The molecule has 0 saturated carbocycles. The first-order valence-electron chi connectivity index (χ1n) is 4.94. The summed E-state index contributed by atoms with van der Waals surface area (Å²) in [4.78, 5) is 4.43. The molecule has 1 aromatic carbocycles. The maximum Gasteiger partial charge on any atom is 0.0932 e. The molecule has 16 heavy (non-hydrogen) atoms. The Labute approximate surface area is 107 Å². The Kier molecular flexibility index (Phi) is 3.19. The van der Waals surface area contributed by atoms with Crippen molar-refractivity contribution < 1.29 is 5.11 Å². The van der Waals surface area contributed by atoms with Crippen LogP contribution in [0.25, 0.3) is 10.9 Å². The fourth-order valence-electron chi connectivity index (χ4n) is 1.60. The Bertz CT molecular complexity index is 554. The Balaban J connectivity index is 2.83. The number of aliphatic hydroxyl groups excluding tert-OH is 1. The summed E-state index contributed by atoms with van der Waals surface area (Å²) in [6, 6.07) is 5.59. The van der Waals surface area contributed by atoms with Crippen molar-refractivity contribution in [1.82, 2.24) is 4.98 Å². The molecule has 0 aliphatic heterocycles. The van der Waals surface area contributed by atoms with Crippen molar-refractivity contribution in [3.05, 3.63) is 39.0 Å². The van der Waals surface area contributed by atoms with E-state index in [4.69, 9.17) is 11.6 Å². The standard InChI is InChI=1S/C12H11BrClNO/c1-6-9(13)4-3-8-10(14)5-11(7(2)16)15-12(6)8/h3-5,7,16H,1-2H3. The number of aliphatic hydroxyl groups is 1. The van der Waals surface area contributed by atoms with Crippen LogP contribution in [0.2, 0.25) is 5.02 Å². The summed E-state index contributed by atoms with van der Waals surface area (Å²) < 4.78 is 0.992. The molecule has 0 fully saturated rings. The zero-order chi connectivity index (χ0) is 11.9. The van der Waals surface area contributed by atoms with Gasteiger partial charge in [-0.15, -0.1) is 0 Å². The van der Waals surface area contributed by atoms with Crippen molar-refractivity contribution in [3.8, 4) is 0 Å². The van der Waals surface area contributed by atoms with E-state index in [2.05, 4.69) is 20.9 Å². The molecule has 0 aliphatic carbocycles. The number of hydrogen-bond donors (Lipinski definition) is 1. The quantitative estimate of drug-likeness (QED) is 0.863. The third-order valence-electron chi connectivity index (χ3n) is 2.57. The average Bonchev–Trinajstić information content (AvgIpc) is 2.23. The van der Waals surface area contributed by atoms with Gasteiger partial charge in [0.15, 0.2) is 0 Å². The number of rotatable bonds is 1. The highest BCUT2D eigenvalue weighted by molar-refractivity contribution is 9.10.